The molecule has 2 rings (SSSR count). The molecule has 0 atom stereocenters. The van der Waals surface area contributed by atoms with Crippen LogP contribution in [0.25, 0.3) is 0 Å². The monoisotopic (exact) mass is 474 g/mol. The molecule has 7 nitrogen and oxygen atoms in total. The van der Waals surface area contributed by atoms with Gasteiger partial charge in [-0.1, -0.05) is 23.2 Å². The minimum Gasteiger partial charge on any atom is -0.495 e. The molecular weight excluding hydrogens is 450 g/mol. The van der Waals surface area contributed by atoms with Crippen molar-refractivity contribution in [2.45, 2.75) is 13.8 Å². The lowest BCUT2D eigenvalue weighted by atomic mass is 10.3. The Balaban J connectivity index is 2.42. The van der Waals surface area contributed by atoms with Gasteiger partial charge in [-0.05, 0) is 50.2 Å². The molecular formula is C20H25Cl2N2O5P. The maximum absolute atomic E-state index is 13.1. The summed E-state index contributed by atoms with van der Waals surface area (Å²) in [5, 5.41) is 3.97. The van der Waals surface area contributed by atoms with Crippen LogP contribution >= 0.6 is 30.8 Å². The summed E-state index contributed by atoms with van der Waals surface area (Å²) in [5.41, 5.74) is 1.18. The molecule has 0 heterocycles. The Morgan fingerprint density at radius 2 is 1.53 bits per heavy atom. The molecule has 0 spiro atoms. The number of nitrogens with one attached hydrogen (secondary N) is 1. The van der Waals surface area contributed by atoms with Gasteiger partial charge in [0.05, 0.1) is 43.2 Å². The maximum atomic E-state index is 13.1. The van der Waals surface area contributed by atoms with Crippen LogP contribution in [0.3, 0.4) is 0 Å². The number of methoxy groups -OCH3 is 2. The summed E-state index contributed by atoms with van der Waals surface area (Å²) in [4.78, 5) is 4.57. The van der Waals surface area contributed by atoms with Gasteiger partial charge in [-0.3, -0.25) is 4.57 Å². The lowest BCUT2D eigenvalue weighted by molar-refractivity contribution is 0.223. The van der Waals surface area contributed by atoms with E-state index in [2.05, 4.69) is 10.3 Å². The van der Waals surface area contributed by atoms with Crippen LogP contribution in [0.1, 0.15) is 13.8 Å². The van der Waals surface area contributed by atoms with Crippen LogP contribution in [-0.4, -0.2) is 39.4 Å². The maximum Gasteiger partial charge on any atom is 0.338 e. The van der Waals surface area contributed by atoms with E-state index in [-0.39, 0.29) is 19.4 Å². The Labute approximate surface area is 186 Å². The summed E-state index contributed by atoms with van der Waals surface area (Å²) in [6.45, 7) is 3.99. The Hall–Kier alpha value is -1.76. The quantitative estimate of drug-likeness (QED) is 0.243. The van der Waals surface area contributed by atoms with Crippen LogP contribution in [0.15, 0.2) is 41.4 Å². The standard InChI is InChI=1S/C20H25Cl2N2O5P/c1-5-28-30(25,29-6-2)13-20(23-14-7-9-18(26-3)16(21)11-14)24-15-8-10-19(27-4)17(22)12-15/h7-12H,5-6,13H2,1-4H3,(H,23,24). The third-order valence-electron chi connectivity index (χ3n) is 3.83. The molecule has 0 amide bonds. The van der Waals surface area contributed by atoms with Crippen molar-refractivity contribution in [2.75, 3.05) is 38.9 Å². The van der Waals surface area contributed by atoms with E-state index in [9.17, 15) is 4.57 Å². The first-order valence-electron chi connectivity index (χ1n) is 9.24. The number of benzene rings is 2. The Morgan fingerprint density at radius 1 is 0.967 bits per heavy atom. The Bertz CT molecular complexity index is 929. The Kier molecular flexibility index (Phi) is 9.46. The second kappa shape index (κ2) is 11.6. The van der Waals surface area contributed by atoms with Gasteiger partial charge in [0.1, 0.15) is 23.5 Å². The minimum atomic E-state index is -3.41. The molecule has 164 valence electrons. The largest absolute Gasteiger partial charge is 0.495 e. The molecule has 0 unspecified atom stereocenters. The molecule has 0 saturated carbocycles. The highest BCUT2D eigenvalue weighted by Crippen LogP contribution is 2.48. The number of hydrogen-bond donors (Lipinski definition) is 1. The lowest BCUT2D eigenvalue weighted by Gasteiger charge is -2.19. The van der Waals surface area contributed by atoms with E-state index in [0.29, 0.717) is 38.8 Å². The first kappa shape index (κ1) is 24.5. The SMILES string of the molecule is CCOP(=O)(CC(=Nc1ccc(OC)c(Cl)c1)Nc1ccc(OC)c(Cl)c1)OCC. The zero-order valence-corrected chi connectivity index (χ0v) is 19.7. The molecule has 1 N–H and O–H groups in total. The average Bonchev–Trinajstić information content (AvgIpc) is 2.68. The van der Waals surface area contributed by atoms with Gasteiger partial charge in [0.2, 0.25) is 0 Å². The second-order valence-corrected chi connectivity index (χ2v) is 8.83. The van der Waals surface area contributed by atoms with Crippen LogP contribution in [0.2, 0.25) is 10.0 Å². The molecule has 0 radical (unpaired) electrons. The number of aliphatic imine (C=N–C) groups is 1. The highest BCUT2D eigenvalue weighted by Gasteiger charge is 2.27. The zero-order valence-electron chi connectivity index (χ0n) is 17.3. The number of amidine groups is 1. The van der Waals surface area contributed by atoms with Crippen LogP contribution in [0, 0.1) is 0 Å². The second-order valence-electron chi connectivity index (χ2n) is 5.96. The highest BCUT2D eigenvalue weighted by atomic mass is 35.5. The van der Waals surface area contributed by atoms with Crippen molar-refractivity contribution in [1.82, 2.24) is 0 Å². The summed E-state index contributed by atoms with van der Waals surface area (Å²) < 4.78 is 34.3. The summed E-state index contributed by atoms with van der Waals surface area (Å²) in [6.07, 6.45) is -0.0675. The molecule has 0 saturated heterocycles. The van der Waals surface area contributed by atoms with E-state index in [1.165, 1.54) is 14.2 Å². The van der Waals surface area contributed by atoms with Crippen molar-refractivity contribution >= 4 is 48.0 Å². The van der Waals surface area contributed by atoms with Crippen molar-refractivity contribution in [3.8, 4) is 11.5 Å². The summed E-state index contributed by atoms with van der Waals surface area (Å²) in [6, 6.07) is 10.3. The number of nitrogens with zero attached hydrogens (tertiary/aromatic N) is 1. The predicted octanol–water partition coefficient (Wildman–Crippen LogP) is 6.42. The normalized spacial score (nSPS) is 12.0. The molecule has 30 heavy (non-hydrogen) atoms. The van der Waals surface area contributed by atoms with Gasteiger partial charge in [-0.2, -0.15) is 0 Å². The van der Waals surface area contributed by atoms with Gasteiger partial charge in [0, 0.05) is 5.69 Å². The Morgan fingerprint density at radius 3 is 2.03 bits per heavy atom. The van der Waals surface area contributed by atoms with E-state index in [1.54, 1.807) is 50.2 Å². The van der Waals surface area contributed by atoms with Crippen LogP contribution < -0.4 is 14.8 Å². The van der Waals surface area contributed by atoms with Crippen LogP contribution in [0.4, 0.5) is 11.4 Å². The number of ether oxygens (including phenoxy) is 2. The topological polar surface area (TPSA) is 78.4 Å². The fraction of sp³-hybridized carbons (Fsp3) is 0.350. The molecule has 0 bridgehead atoms. The van der Waals surface area contributed by atoms with E-state index >= 15 is 0 Å². The molecule has 10 heteroatoms. The van der Waals surface area contributed by atoms with E-state index in [1.807, 2.05) is 0 Å². The summed E-state index contributed by atoms with van der Waals surface area (Å²) in [7, 11) is -0.343. The number of hydrogen-bond acceptors (Lipinski definition) is 6. The van der Waals surface area contributed by atoms with Crippen molar-refractivity contribution < 1.29 is 23.1 Å². The van der Waals surface area contributed by atoms with E-state index < -0.39 is 7.60 Å². The fourth-order valence-electron chi connectivity index (χ4n) is 2.60. The van der Waals surface area contributed by atoms with E-state index in [4.69, 9.17) is 41.7 Å². The van der Waals surface area contributed by atoms with Crippen LogP contribution in [-0.2, 0) is 13.6 Å². The third kappa shape index (κ3) is 6.89. The van der Waals surface area contributed by atoms with Crippen molar-refractivity contribution in [3.63, 3.8) is 0 Å². The lowest BCUT2D eigenvalue weighted by Crippen LogP contribution is -2.19. The number of halogens is 2. The molecule has 0 aromatic heterocycles. The van der Waals surface area contributed by atoms with Gasteiger partial charge < -0.3 is 23.8 Å². The zero-order chi connectivity index (χ0) is 22.1. The van der Waals surface area contributed by atoms with Gasteiger partial charge in [0.15, 0.2) is 0 Å². The summed E-state index contributed by atoms with van der Waals surface area (Å²) in [5.74, 6) is 1.43. The summed E-state index contributed by atoms with van der Waals surface area (Å²) >= 11 is 12.4. The fourth-order valence-corrected chi connectivity index (χ4v) is 4.67. The number of anilines is 1. The van der Waals surface area contributed by atoms with Crippen molar-refractivity contribution in [3.05, 3.63) is 46.4 Å². The van der Waals surface area contributed by atoms with Crippen LogP contribution in [0.5, 0.6) is 11.5 Å². The average molecular weight is 475 g/mol. The molecule has 0 aliphatic rings. The van der Waals surface area contributed by atoms with Gasteiger partial charge >= 0.3 is 7.60 Å². The van der Waals surface area contributed by atoms with E-state index in [0.717, 1.165) is 0 Å². The van der Waals surface area contributed by atoms with Gasteiger partial charge in [-0.25, -0.2) is 4.99 Å². The predicted molar refractivity (Wildman–Crippen MR) is 122 cm³/mol. The number of rotatable bonds is 10. The highest BCUT2D eigenvalue weighted by molar-refractivity contribution is 7.55. The molecule has 2 aromatic rings. The van der Waals surface area contributed by atoms with Crippen molar-refractivity contribution in [1.29, 1.82) is 0 Å². The first-order valence-corrected chi connectivity index (χ1v) is 11.7. The first-order chi connectivity index (χ1) is 14.3. The van der Waals surface area contributed by atoms with Gasteiger partial charge in [-0.15, -0.1) is 0 Å². The third-order valence-corrected chi connectivity index (χ3v) is 6.42. The molecule has 0 aliphatic heterocycles. The molecule has 0 aliphatic carbocycles. The smallest absolute Gasteiger partial charge is 0.338 e. The van der Waals surface area contributed by atoms with Gasteiger partial charge in [0.25, 0.3) is 0 Å². The van der Waals surface area contributed by atoms with Crippen molar-refractivity contribution in [2.24, 2.45) is 4.99 Å². The molecule has 2 aromatic carbocycles. The molecule has 0 fully saturated rings. The minimum absolute atomic E-state index is 0.0675.